The molecule has 0 aliphatic rings. The minimum Gasteiger partial charge on any atom is -0.442 e. The van der Waals surface area contributed by atoms with Crippen LogP contribution in [0.3, 0.4) is 0 Å². The number of aromatic amines is 1. The average molecular weight is 413 g/mol. The Morgan fingerprint density at radius 2 is 1.89 bits per heavy atom. The van der Waals surface area contributed by atoms with Crippen molar-refractivity contribution in [2.45, 2.75) is 18.2 Å². The lowest BCUT2D eigenvalue weighted by molar-refractivity contribution is -0.136. The molecule has 4 aromatic rings. The third kappa shape index (κ3) is 2.97. The normalized spacial score (nSPS) is 12.8. The van der Waals surface area contributed by atoms with E-state index in [9.17, 15) is 26.0 Å². The highest BCUT2D eigenvalue weighted by Gasteiger charge is 2.34. The summed E-state index contributed by atoms with van der Waals surface area (Å²) in [5, 5.41) is 5.51. The molecule has 0 saturated heterocycles. The Hall–Kier alpha value is -3.08. The van der Waals surface area contributed by atoms with Crippen LogP contribution in [-0.4, -0.2) is 18.6 Å². The molecule has 0 unspecified atom stereocenters. The zero-order chi connectivity index (χ0) is 20.3. The molecule has 0 spiro atoms. The molecule has 0 amide bonds. The highest BCUT2D eigenvalue weighted by molar-refractivity contribution is 7.92. The highest BCUT2D eigenvalue weighted by atomic mass is 32.2. The van der Waals surface area contributed by atoms with E-state index in [0.29, 0.717) is 6.07 Å². The number of furan rings is 1. The zero-order valence-corrected chi connectivity index (χ0v) is 14.9. The largest absolute Gasteiger partial charge is 0.442 e. The quantitative estimate of drug-likeness (QED) is 0.482. The van der Waals surface area contributed by atoms with Crippen LogP contribution >= 0.6 is 0 Å². The fourth-order valence-electron chi connectivity index (χ4n) is 2.97. The first-order valence-electron chi connectivity index (χ1n) is 7.82. The molecule has 4 rings (SSSR count). The number of hydrogen-bond donors (Lipinski definition) is 2. The van der Waals surface area contributed by atoms with E-state index < -0.39 is 32.7 Å². The van der Waals surface area contributed by atoms with Crippen molar-refractivity contribution in [2.24, 2.45) is 0 Å². The van der Waals surface area contributed by atoms with Crippen LogP contribution in [0.25, 0.3) is 21.9 Å². The van der Waals surface area contributed by atoms with E-state index in [4.69, 9.17) is 4.42 Å². The molecule has 2 aromatic heterocycles. The van der Waals surface area contributed by atoms with Crippen LogP contribution in [0, 0.1) is 12.7 Å². The Morgan fingerprint density at radius 3 is 2.61 bits per heavy atom. The number of alkyl halides is 3. The number of nitrogens with zero attached hydrogens (tertiary/aromatic N) is 1. The van der Waals surface area contributed by atoms with E-state index >= 15 is 0 Å². The lowest BCUT2D eigenvalue weighted by Crippen LogP contribution is -2.14. The minimum absolute atomic E-state index is 0.0101. The zero-order valence-electron chi connectivity index (χ0n) is 14.1. The Bertz CT molecular complexity index is 1320. The number of hydrogen-bond acceptors (Lipinski definition) is 4. The van der Waals surface area contributed by atoms with Crippen molar-refractivity contribution >= 4 is 37.6 Å². The van der Waals surface area contributed by atoms with E-state index in [2.05, 4.69) is 14.9 Å². The number of aryl methyl sites for hydroxylation is 1. The van der Waals surface area contributed by atoms with Crippen LogP contribution in [0.5, 0.6) is 0 Å². The number of anilines is 1. The fourth-order valence-corrected chi connectivity index (χ4v) is 4.21. The van der Waals surface area contributed by atoms with E-state index in [0.717, 1.165) is 18.3 Å². The van der Waals surface area contributed by atoms with Crippen LogP contribution in [0.4, 0.5) is 23.2 Å². The van der Waals surface area contributed by atoms with Gasteiger partial charge in [-0.15, -0.1) is 0 Å². The standard InChI is InChI=1S/C17H11F4N3O3S/c1-8-11-4-9(18)2-3-15(11)27-16(8)28(25,26)24-10-5-13(17(19,20)21)12-7-22-23-14(12)6-10/h2-7,24H,1H3,(H,22,23). The molecule has 146 valence electrons. The Labute approximate surface area is 155 Å². The predicted molar refractivity (Wildman–Crippen MR) is 92.8 cm³/mol. The van der Waals surface area contributed by atoms with E-state index in [1.54, 1.807) is 0 Å². The molecular formula is C17H11F4N3O3S. The van der Waals surface area contributed by atoms with Gasteiger partial charge in [-0.25, -0.2) is 4.39 Å². The van der Waals surface area contributed by atoms with Gasteiger partial charge in [-0.3, -0.25) is 9.82 Å². The molecule has 0 fully saturated rings. The smallest absolute Gasteiger partial charge is 0.417 e. The third-order valence-corrected chi connectivity index (χ3v) is 5.60. The van der Waals surface area contributed by atoms with E-state index in [1.165, 1.54) is 19.1 Å². The van der Waals surface area contributed by atoms with Crippen LogP contribution < -0.4 is 4.72 Å². The number of fused-ring (bicyclic) bond motifs is 2. The molecule has 0 aliphatic carbocycles. The van der Waals surface area contributed by atoms with Gasteiger partial charge in [0.2, 0.25) is 5.09 Å². The molecule has 0 aliphatic heterocycles. The summed E-state index contributed by atoms with van der Waals surface area (Å²) in [7, 11) is -4.37. The van der Waals surface area contributed by atoms with Gasteiger partial charge in [-0.05, 0) is 37.3 Å². The van der Waals surface area contributed by atoms with Gasteiger partial charge in [0.05, 0.1) is 23.0 Å². The summed E-state index contributed by atoms with van der Waals surface area (Å²) in [5.74, 6) is -0.576. The van der Waals surface area contributed by atoms with Gasteiger partial charge in [0.1, 0.15) is 11.4 Å². The highest BCUT2D eigenvalue weighted by Crippen LogP contribution is 2.37. The molecular weight excluding hydrogens is 402 g/mol. The maximum absolute atomic E-state index is 13.4. The lowest BCUT2D eigenvalue weighted by atomic mass is 10.1. The average Bonchev–Trinajstić information content (AvgIpc) is 3.18. The van der Waals surface area contributed by atoms with Crippen molar-refractivity contribution in [1.29, 1.82) is 0 Å². The SMILES string of the molecule is Cc1c(S(=O)(=O)Nc2cc(C(F)(F)F)c3cn[nH]c3c2)oc2ccc(F)cc12. The van der Waals surface area contributed by atoms with Crippen molar-refractivity contribution in [1.82, 2.24) is 10.2 Å². The van der Waals surface area contributed by atoms with E-state index in [-0.39, 0.29) is 33.1 Å². The van der Waals surface area contributed by atoms with Gasteiger partial charge in [-0.2, -0.15) is 26.7 Å². The van der Waals surface area contributed by atoms with Gasteiger partial charge < -0.3 is 4.42 Å². The topological polar surface area (TPSA) is 88.0 Å². The molecule has 28 heavy (non-hydrogen) atoms. The van der Waals surface area contributed by atoms with Crippen molar-refractivity contribution < 1.29 is 30.4 Å². The first kappa shape index (κ1) is 18.3. The monoisotopic (exact) mass is 413 g/mol. The summed E-state index contributed by atoms with van der Waals surface area (Å²) >= 11 is 0. The Kier molecular flexibility index (Phi) is 3.89. The first-order valence-corrected chi connectivity index (χ1v) is 9.30. The number of H-pyrrole nitrogens is 1. The molecule has 0 bridgehead atoms. The lowest BCUT2D eigenvalue weighted by Gasteiger charge is -2.12. The summed E-state index contributed by atoms with van der Waals surface area (Å²) in [4.78, 5) is 0. The molecule has 0 radical (unpaired) electrons. The van der Waals surface area contributed by atoms with Crippen LogP contribution in [-0.2, 0) is 16.2 Å². The van der Waals surface area contributed by atoms with Gasteiger partial charge in [0.25, 0.3) is 10.0 Å². The summed E-state index contributed by atoms with van der Waals surface area (Å²) in [6.07, 6.45) is -3.70. The number of aromatic nitrogens is 2. The maximum Gasteiger partial charge on any atom is 0.417 e. The van der Waals surface area contributed by atoms with Crippen molar-refractivity contribution in [3.8, 4) is 0 Å². The number of rotatable bonds is 3. The van der Waals surface area contributed by atoms with Crippen molar-refractivity contribution in [3.63, 3.8) is 0 Å². The molecule has 11 heteroatoms. The molecule has 0 atom stereocenters. The van der Waals surface area contributed by atoms with Gasteiger partial charge >= 0.3 is 6.18 Å². The van der Waals surface area contributed by atoms with Gasteiger partial charge in [0, 0.05) is 16.3 Å². The van der Waals surface area contributed by atoms with Gasteiger partial charge in [0.15, 0.2) is 0 Å². The van der Waals surface area contributed by atoms with Crippen LogP contribution in [0.2, 0.25) is 0 Å². The fraction of sp³-hybridized carbons (Fsp3) is 0.118. The molecule has 2 heterocycles. The van der Waals surface area contributed by atoms with Crippen molar-refractivity contribution in [2.75, 3.05) is 4.72 Å². The minimum atomic E-state index is -4.71. The number of benzene rings is 2. The second-order valence-corrected chi connectivity index (χ2v) is 7.70. The second kappa shape index (κ2) is 5.96. The summed E-state index contributed by atoms with van der Waals surface area (Å²) in [5.41, 5.74) is -1.08. The van der Waals surface area contributed by atoms with Crippen LogP contribution in [0.1, 0.15) is 11.1 Å². The van der Waals surface area contributed by atoms with Crippen molar-refractivity contribution in [3.05, 3.63) is 53.5 Å². The number of halogens is 4. The summed E-state index contributed by atoms with van der Waals surface area (Å²) in [6, 6.07) is 5.36. The Morgan fingerprint density at radius 1 is 1.14 bits per heavy atom. The predicted octanol–water partition coefficient (Wildman–Crippen LogP) is 4.58. The third-order valence-electron chi connectivity index (χ3n) is 4.21. The maximum atomic E-state index is 13.4. The summed E-state index contributed by atoms with van der Waals surface area (Å²) in [6.45, 7) is 1.42. The first-order chi connectivity index (χ1) is 13.1. The van der Waals surface area contributed by atoms with Crippen LogP contribution in [0.15, 0.2) is 46.0 Å². The Balaban J connectivity index is 1.82. The second-order valence-electron chi connectivity index (χ2n) is 6.11. The summed E-state index contributed by atoms with van der Waals surface area (Å²) < 4.78 is 86.1. The number of nitrogens with one attached hydrogen (secondary N) is 2. The molecule has 2 aromatic carbocycles. The van der Waals surface area contributed by atoms with E-state index in [1.807, 2.05) is 0 Å². The molecule has 6 nitrogen and oxygen atoms in total. The number of sulfonamides is 1. The molecule has 0 saturated carbocycles. The van der Waals surface area contributed by atoms with Gasteiger partial charge in [-0.1, -0.05) is 0 Å². The molecule has 2 N–H and O–H groups in total.